The van der Waals surface area contributed by atoms with Crippen molar-refractivity contribution in [2.24, 2.45) is 13.0 Å². The van der Waals surface area contributed by atoms with E-state index in [9.17, 15) is 0 Å². The van der Waals surface area contributed by atoms with E-state index in [-0.39, 0.29) is 6.10 Å². The van der Waals surface area contributed by atoms with E-state index in [0.29, 0.717) is 24.1 Å². The SMILES string of the molecule is Cc1nn(C)c(C)c1[C@H]1OCC[C@@H]1CNc1nccc(C#N)n1. The van der Waals surface area contributed by atoms with Crippen molar-refractivity contribution in [3.05, 3.63) is 34.9 Å². The average Bonchev–Trinajstić information content (AvgIpc) is 3.10. The molecule has 0 spiro atoms. The summed E-state index contributed by atoms with van der Waals surface area (Å²) in [6.07, 6.45) is 2.60. The fourth-order valence-corrected chi connectivity index (χ4v) is 3.09. The van der Waals surface area contributed by atoms with E-state index >= 15 is 0 Å². The highest BCUT2D eigenvalue weighted by atomic mass is 16.5. The molecule has 3 rings (SSSR count). The molecule has 1 aliphatic heterocycles. The molecule has 23 heavy (non-hydrogen) atoms. The number of ether oxygens (including phenoxy) is 1. The van der Waals surface area contributed by atoms with Gasteiger partial charge in [-0.2, -0.15) is 10.4 Å². The zero-order valence-corrected chi connectivity index (χ0v) is 13.6. The van der Waals surface area contributed by atoms with Crippen molar-refractivity contribution < 1.29 is 4.74 Å². The first-order valence-electron chi connectivity index (χ1n) is 7.69. The fourth-order valence-electron chi connectivity index (χ4n) is 3.09. The zero-order chi connectivity index (χ0) is 16.4. The topological polar surface area (TPSA) is 88.6 Å². The summed E-state index contributed by atoms with van der Waals surface area (Å²) in [4.78, 5) is 8.30. The van der Waals surface area contributed by atoms with Crippen LogP contribution in [0.3, 0.4) is 0 Å². The molecule has 0 aromatic carbocycles. The van der Waals surface area contributed by atoms with Crippen LogP contribution in [-0.2, 0) is 11.8 Å². The number of anilines is 1. The van der Waals surface area contributed by atoms with Crippen molar-refractivity contribution in [1.82, 2.24) is 19.7 Å². The van der Waals surface area contributed by atoms with E-state index in [1.54, 1.807) is 12.3 Å². The van der Waals surface area contributed by atoms with Crippen molar-refractivity contribution in [1.29, 1.82) is 5.26 Å². The quantitative estimate of drug-likeness (QED) is 0.927. The summed E-state index contributed by atoms with van der Waals surface area (Å²) in [5, 5.41) is 16.6. The monoisotopic (exact) mass is 312 g/mol. The number of nitrogens with zero attached hydrogens (tertiary/aromatic N) is 5. The molecule has 1 saturated heterocycles. The van der Waals surface area contributed by atoms with Gasteiger partial charge >= 0.3 is 0 Å². The van der Waals surface area contributed by atoms with Crippen LogP contribution in [0.5, 0.6) is 0 Å². The molecule has 0 radical (unpaired) electrons. The standard InChI is InChI=1S/C16H20N6O/c1-10-14(11(2)22(3)21-10)15-12(5-7-23-15)9-19-16-18-6-4-13(8-17)20-16/h4,6,12,15H,5,7,9H2,1-3H3,(H,18,19,20)/t12-,15+/m1/s1. The van der Waals surface area contributed by atoms with Gasteiger partial charge in [0.05, 0.1) is 11.8 Å². The van der Waals surface area contributed by atoms with Gasteiger partial charge in [0.25, 0.3) is 0 Å². The zero-order valence-electron chi connectivity index (χ0n) is 13.6. The van der Waals surface area contributed by atoms with Crippen molar-refractivity contribution in [2.45, 2.75) is 26.4 Å². The largest absolute Gasteiger partial charge is 0.373 e. The molecule has 120 valence electrons. The Balaban J connectivity index is 1.73. The lowest BCUT2D eigenvalue weighted by molar-refractivity contribution is 0.0922. The van der Waals surface area contributed by atoms with Gasteiger partial charge in [-0.05, 0) is 26.3 Å². The molecule has 0 saturated carbocycles. The molecule has 0 unspecified atom stereocenters. The summed E-state index contributed by atoms with van der Waals surface area (Å²) in [6, 6.07) is 3.61. The average molecular weight is 312 g/mol. The van der Waals surface area contributed by atoms with Crippen molar-refractivity contribution >= 4 is 5.95 Å². The molecule has 2 aromatic heterocycles. The summed E-state index contributed by atoms with van der Waals surface area (Å²) in [5.74, 6) is 0.806. The molecule has 7 heteroatoms. The van der Waals surface area contributed by atoms with Gasteiger partial charge in [0.15, 0.2) is 0 Å². The number of aryl methyl sites for hydroxylation is 2. The molecular formula is C16H20N6O. The fraction of sp³-hybridized carbons (Fsp3) is 0.500. The van der Waals surface area contributed by atoms with E-state index < -0.39 is 0 Å². The molecule has 2 aromatic rings. The van der Waals surface area contributed by atoms with Gasteiger partial charge in [-0.25, -0.2) is 9.97 Å². The maximum absolute atomic E-state index is 8.90. The first kappa shape index (κ1) is 15.4. The summed E-state index contributed by atoms with van der Waals surface area (Å²) >= 11 is 0. The molecule has 1 N–H and O–H groups in total. The van der Waals surface area contributed by atoms with Crippen LogP contribution >= 0.6 is 0 Å². The second-order valence-electron chi connectivity index (χ2n) is 5.81. The molecular weight excluding hydrogens is 292 g/mol. The smallest absolute Gasteiger partial charge is 0.223 e. The van der Waals surface area contributed by atoms with Gasteiger partial charge < -0.3 is 10.1 Å². The summed E-state index contributed by atoms with van der Waals surface area (Å²) in [7, 11) is 1.95. The van der Waals surface area contributed by atoms with Crippen LogP contribution < -0.4 is 5.32 Å². The van der Waals surface area contributed by atoms with Gasteiger partial charge in [0, 0.05) is 43.6 Å². The first-order chi connectivity index (χ1) is 11.1. The third-order valence-corrected chi connectivity index (χ3v) is 4.36. The molecule has 0 aliphatic carbocycles. The molecule has 1 fully saturated rings. The minimum atomic E-state index is 0.0374. The Kier molecular flexibility index (Phi) is 4.26. The van der Waals surface area contributed by atoms with Gasteiger partial charge in [-0.3, -0.25) is 4.68 Å². The minimum Gasteiger partial charge on any atom is -0.373 e. The van der Waals surface area contributed by atoms with Crippen LogP contribution in [0.25, 0.3) is 0 Å². The second-order valence-corrected chi connectivity index (χ2v) is 5.81. The van der Waals surface area contributed by atoms with Crippen LogP contribution in [-0.4, -0.2) is 32.9 Å². The Hall–Kier alpha value is -2.46. The van der Waals surface area contributed by atoms with Crippen molar-refractivity contribution in [3.63, 3.8) is 0 Å². The Morgan fingerprint density at radius 2 is 2.30 bits per heavy atom. The van der Waals surface area contributed by atoms with E-state index in [1.165, 1.54) is 5.56 Å². The lowest BCUT2D eigenvalue weighted by atomic mass is 9.94. The van der Waals surface area contributed by atoms with Crippen molar-refractivity contribution in [3.8, 4) is 6.07 Å². The number of nitriles is 1. The number of nitrogens with one attached hydrogen (secondary N) is 1. The normalized spacial score (nSPS) is 20.4. The number of rotatable bonds is 4. The van der Waals surface area contributed by atoms with Gasteiger partial charge in [0.1, 0.15) is 11.8 Å². The van der Waals surface area contributed by atoms with Crippen LogP contribution in [0.1, 0.15) is 35.2 Å². The number of aromatic nitrogens is 4. The highest BCUT2D eigenvalue weighted by molar-refractivity contribution is 5.32. The van der Waals surface area contributed by atoms with Crippen LogP contribution in [0.4, 0.5) is 5.95 Å². The second kappa shape index (κ2) is 6.34. The third-order valence-electron chi connectivity index (χ3n) is 4.36. The Labute approximate surface area is 135 Å². The summed E-state index contributed by atoms with van der Waals surface area (Å²) in [5.41, 5.74) is 3.70. The Morgan fingerprint density at radius 3 is 3.00 bits per heavy atom. The number of hydrogen-bond acceptors (Lipinski definition) is 6. The first-order valence-corrected chi connectivity index (χ1v) is 7.69. The maximum atomic E-state index is 8.90. The predicted octanol–water partition coefficient (Wildman–Crippen LogP) is 1.89. The Bertz CT molecular complexity index is 748. The molecule has 0 amide bonds. The highest BCUT2D eigenvalue weighted by Gasteiger charge is 2.33. The molecule has 7 nitrogen and oxygen atoms in total. The van der Waals surface area contributed by atoms with E-state index in [1.807, 2.05) is 24.7 Å². The van der Waals surface area contributed by atoms with Gasteiger partial charge in [-0.15, -0.1) is 0 Å². The number of hydrogen-bond donors (Lipinski definition) is 1. The molecule has 3 heterocycles. The Morgan fingerprint density at radius 1 is 1.48 bits per heavy atom. The summed E-state index contributed by atoms with van der Waals surface area (Å²) in [6.45, 7) is 5.53. The molecule has 1 aliphatic rings. The minimum absolute atomic E-state index is 0.0374. The highest BCUT2D eigenvalue weighted by Crippen LogP contribution is 2.37. The lowest BCUT2D eigenvalue weighted by Crippen LogP contribution is -2.20. The maximum Gasteiger partial charge on any atom is 0.223 e. The lowest BCUT2D eigenvalue weighted by Gasteiger charge is -2.19. The van der Waals surface area contributed by atoms with E-state index in [0.717, 1.165) is 24.4 Å². The van der Waals surface area contributed by atoms with Crippen LogP contribution in [0.15, 0.2) is 12.3 Å². The predicted molar refractivity (Wildman–Crippen MR) is 84.7 cm³/mol. The molecule has 0 bridgehead atoms. The van der Waals surface area contributed by atoms with Crippen LogP contribution in [0, 0.1) is 31.1 Å². The van der Waals surface area contributed by atoms with Gasteiger partial charge in [-0.1, -0.05) is 0 Å². The van der Waals surface area contributed by atoms with Crippen LogP contribution in [0.2, 0.25) is 0 Å². The van der Waals surface area contributed by atoms with Crippen molar-refractivity contribution in [2.75, 3.05) is 18.5 Å². The summed E-state index contributed by atoms with van der Waals surface area (Å²) < 4.78 is 7.87. The molecule has 2 atom stereocenters. The third kappa shape index (κ3) is 3.03. The van der Waals surface area contributed by atoms with E-state index in [2.05, 4.69) is 27.3 Å². The van der Waals surface area contributed by atoms with Gasteiger partial charge in [0.2, 0.25) is 5.95 Å². The van der Waals surface area contributed by atoms with E-state index in [4.69, 9.17) is 10.00 Å².